The third-order valence-electron chi connectivity index (χ3n) is 3.76. The van der Waals surface area contributed by atoms with Crippen LogP contribution >= 0.6 is 23.2 Å². The zero-order valence-electron chi connectivity index (χ0n) is 12.4. The zero-order valence-corrected chi connectivity index (χ0v) is 13.9. The average Bonchev–Trinajstić information content (AvgIpc) is 2.83. The number of benzene rings is 2. The Morgan fingerprint density at radius 3 is 2.12 bits per heavy atom. The molecule has 0 spiro atoms. The van der Waals surface area contributed by atoms with E-state index in [1.165, 1.54) is 6.08 Å². The van der Waals surface area contributed by atoms with Crippen LogP contribution in [0.4, 0.5) is 0 Å². The minimum Gasteiger partial charge on any atom is -0.364 e. The first-order valence-corrected chi connectivity index (χ1v) is 7.94. The van der Waals surface area contributed by atoms with E-state index < -0.39 is 11.5 Å². The Morgan fingerprint density at radius 2 is 1.54 bits per heavy atom. The largest absolute Gasteiger partial charge is 0.364 e. The number of hydrogen-bond acceptors (Lipinski definition) is 4. The highest BCUT2D eigenvalue weighted by Gasteiger charge is 2.42. The van der Waals surface area contributed by atoms with Gasteiger partial charge in [-0.2, -0.15) is 0 Å². The highest BCUT2D eigenvalue weighted by atomic mass is 35.5. The van der Waals surface area contributed by atoms with E-state index in [1.54, 1.807) is 48.5 Å². The molecule has 0 aliphatic carbocycles. The molecule has 0 radical (unpaired) electrons. The van der Waals surface area contributed by atoms with Crippen molar-refractivity contribution in [1.82, 2.24) is 5.32 Å². The van der Waals surface area contributed by atoms with Crippen molar-refractivity contribution in [1.29, 1.82) is 0 Å². The summed E-state index contributed by atoms with van der Waals surface area (Å²) in [6.45, 7) is 0. The molecule has 1 aliphatic heterocycles. The molecule has 2 aromatic rings. The Morgan fingerprint density at radius 1 is 1.00 bits per heavy atom. The van der Waals surface area contributed by atoms with Crippen LogP contribution < -0.4 is 5.32 Å². The van der Waals surface area contributed by atoms with Crippen molar-refractivity contribution < 1.29 is 14.7 Å². The Bertz CT molecular complexity index is 828. The number of nitrogens with one attached hydrogen (secondary N) is 1. The van der Waals surface area contributed by atoms with Gasteiger partial charge in [0.25, 0.3) is 0 Å². The molecule has 24 heavy (non-hydrogen) atoms. The molecule has 2 aromatic carbocycles. The number of halogens is 2. The first-order valence-electron chi connectivity index (χ1n) is 7.19. The lowest BCUT2D eigenvalue weighted by molar-refractivity contribution is -0.132. The highest BCUT2D eigenvalue weighted by Crippen LogP contribution is 2.27. The minimum absolute atomic E-state index is 0.360. The van der Waals surface area contributed by atoms with Gasteiger partial charge in [-0.25, -0.2) is 0 Å². The van der Waals surface area contributed by atoms with E-state index in [0.29, 0.717) is 26.9 Å². The van der Waals surface area contributed by atoms with Gasteiger partial charge in [0.05, 0.1) is 6.42 Å². The van der Waals surface area contributed by atoms with E-state index in [-0.39, 0.29) is 12.2 Å². The number of hydrogen-bond donors (Lipinski definition) is 2. The maximum atomic E-state index is 12.3. The molecule has 0 saturated heterocycles. The summed E-state index contributed by atoms with van der Waals surface area (Å²) >= 11 is 11.6. The number of aliphatic hydroxyl groups is 1. The van der Waals surface area contributed by atoms with Gasteiger partial charge in [-0.15, -0.1) is 0 Å². The number of carbonyl (C=O) groups excluding carboxylic acids is 2. The Labute approximate surface area is 148 Å². The summed E-state index contributed by atoms with van der Waals surface area (Å²) in [7, 11) is 0. The van der Waals surface area contributed by atoms with Crippen LogP contribution in [0.2, 0.25) is 10.0 Å². The van der Waals surface area contributed by atoms with Gasteiger partial charge in [0, 0.05) is 27.4 Å². The molecule has 122 valence electrons. The van der Waals surface area contributed by atoms with Crippen LogP contribution in [0.1, 0.15) is 22.3 Å². The van der Waals surface area contributed by atoms with E-state index in [4.69, 9.17) is 23.2 Å². The first-order chi connectivity index (χ1) is 11.4. The smallest absolute Gasteiger partial charge is 0.210 e. The Hall–Kier alpha value is -2.14. The number of carbonyl (C=O) groups is 2. The molecule has 1 unspecified atom stereocenters. The quantitative estimate of drug-likeness (QED) is 0.818. The lowest BCUT2D eigenvalue weighted by atomic mass is 9.99. The van der Waals surface area contributed by atoms with Crippen molar-refractivity contribution in [3.05, 3.63) is 75.8 Å². The second-order valence-electron chi connectivity index (χ2n) is 5.52. The van der Waals surface area contributed by atoms with Crippen LogP contribution in [0.25, 0.3) is 5.70 Å². The second-order valence-corrected chi connectivity index (χ2v) is 6.39. The van der Waals surface area contributed by atoms with E-state index in [1.807, 2.05) is 0 Å². The fourth-order valence-electron chi connectivity index (χ4n) is 2.46. The topological polar surface area (TPSA) is 66.4 Å². The molecule has 0 fully saturated rings. The van der Waals surface area contributed by atoms with E-state index in [2.05, 4.69) is 5.32 Å². The van der Waals surface area contributed by atoms with Crippen molar-refractivity contribution in [2.75, 3.05) is 0 Å². The van der Waals surface area contributed by atoms with Gasteiger partial charge in [0.15, 0.2) is 5.78 Å². The lowest BCUT2D eigenvalue weighted by Crippen LogP contribution is -2.47. The lowest BCUT2D eigenvalue weighted by Gasteiger charge is -2.22. The summed E-state index contributed by atoms with van der Waals surface area (Å²) in [5.74, 6) is -0.921. The third-order valence-corrected chi connectivity index (χ3v) is 4.27. The molecule has 1 atom stereocenters. The van der Waals surface area contributed by atoms with Crippen molar-refractivity contribution in [2.45, 2.75) is 12.1 Å². The van der Waals surface area contributed by atoms with Crippen molar-refractivity contribution in [3.8, 4) is 0 Å². The zero-order chi connectivity index (χ0) is 17.3. The van der Waals surface area contributed by atoms with Gasteiger partial charge in [-0.3, -0.25) is 9.59 Å². The molecule has 0 amide bonds. The minimum atomic E-state index is -1.95. The third kappa shape index (κ3) is 3.36. The summed E-state index contributed by atoms with van der Waals surface area (Å²) in [4.78, 5) is 24.5. The van der Waals surface area contributed by atoms with Crippen LogP contribution in [-0.2, 0) is 4.79 Å². The normalized spacial score (nSPS) is 19.8. The van der Waals surface area contributed by atoms with Gasteiger partial charge in [0.1, 0.15) is 0 Å². The fourth-order valence-corrected chi connectivity index (χ4v) is 2.71. The summed E-state index contributed by atoms with van der Waals surface area (Å²) in [6.07, 6.45) is 0.916. The standard InChI is InChI=1S/C18H13Cl2NO3/c19-13-5-1-11(2-6-13)15-9-17(23)18(24,21-15)10-16(22)12-3-7-14(20)8-4-12/h1-9,21,24H,10H2. The van der Waals surface area contributed by atoms with E-state index in [0.717, 1.165) is 0 Å². The van der Waals surface area contributed by atoms with Crippen molar-refractivity contribution in [2.24, 2.45) is 0 Å². The van der Waals surface area contributed by atoms with Gasteiger partial charge >= 0.3 is 0 Å². The van der Waals surface area contributed by atoms with E-state index in [9.17, 15) is 14.7 Å². The molecule has 0 saturated carbocycles. The van der Waals surface area contributed by atoms with Gasteiger partial charge in [0.2, 0.25) is 11.5 Å². The van der Waals surface area contributed by atoms with Crippen molar-refractivity contribution in [3.63, 3.8) is 0 Å². The van der Waals surface area contributed by atoms with Gasteiger partial charge in [-0.05, 0) is 42.0 Å². The molecular weight excluding hydrogens is 349 g/mol. The Balaban J connectivity index is 1.77. The fraction of sp³-hybridized carbons (Fsp3) is 0.111. The van der Waals surface area contributed by atoms with Gasteiger partial charge in [-0.1, -0.05) is 35.3 Å². The average molecular weight is 362 g/mol. The van der Waals surface area contributed by atoms with Crippen LogP contribution in [0, 0.1) is 0 Å². The predicted molar refractivity (Wildman–Crippen MR) is 92.9 cm³/mol. The van der Waals surface area contributed by atoms with Gasteiger partial charge < -0.3 is 10.4 Å². The summed E-state index contributed by atoms with van der Waals surface area (Å²) in [6, 6.07) is 13.1. The number of ketones is 2. The monoisotopic (exact) mass is 361 g/mol. The summed E-state index contributed by atoms with van der Waals surface area (Å²) < 4.78 is 0. The molecule has 0 bridgehead atoms. The number of Topliss-reactive ketones (excluding diaryl/α,β-unsaturated/α-hetero) is 1. The summed E-state index contributed by atoms with van der Waals surface area (Å²) in [5, 5.41) is 14.4. The molecule has 3 rings (SSSR count). The molecule has 0 aromatic heterocycles. The number of rotatable bonds is 4. The maximum absolute atomic E-state index is 12.3. The SMILES string of the molecule is O=C(CC1(O)NC(c2ccc(Cl)cc2)=CC1=O)c1ccc(Cl)cc1. The highest BCUT2D eigenvalue weighted by molar-refractivity contribution is 6.31. The molecule has 6 heteroatoms. The van der Waals surface area contributed by atoms with Crippen molar-refractivity contribution >= 4 is 40.5 Å². The van der Waals surface area contributed by atoms with Crippen LogP contribution in [0.3, 0.4) is 0 Å². The molecule has 1 heterocycles. The molecule has 4 nitrogen and oxygen atoms in total. The van der Waals surface area contributed by atoms with Crippen LogP contribution in [-0.4, -0.2) is 22.4 Å². The second kappa shape index (κ2) is 6.40. The molecular formula is C18H13Cl2NO3. The van der Waals surface area contributed by atoms with E-state index >= 15 is 0 Å². The van der Waals surface area contributed by atoms with Crippen LogP contribution in [0.5, 0.6) is 0 Å². The summed E-state index contributed by atoms with van der Waals surface area (Å²) in [5.41, 5.74) is -0.431. The Kier molecular flexibility index (Phi) is 4.45. The molecule has 1 aliphatic rings. The first kappa shape index (κ1) is 16.7. The molecule has 2 N–H and O–H groups in total. The van der Waals surface area contributed by atoms with Crippen LogP contribution in [0.15, 0.2) is 54.6 Å². The predicted octanol–water partition coefficient (Wildman–Crippen LogP) is 3.47. The maximum Gasteiger partial charge on any atom is 0.210 e.